The van der Waals surface area contributed by atoms with E-state index < -0.39 is 24.0 Å². The van der Waals surface area contributed by atoms with Crippen LogP contribution in [-0.4, -0.2) is 59.0 Å². The molecule has 0 unspecified atom stereocenters. The minimum atomic E-state index is -0.904. The van der Waals surface area contributed by atoms with Crippen molar-refractivity contribution in [2.75, 3.05) is 24.7 Å². The molecular weight excluding hydrogens is 404 g/mol. The largest absolute Gasteiger partial charge is 0.465 e. The van der Waals surface area contributed by atoms with Crippen molar-refractivity contribution >= 4 is 45.7 Å². The van der Waals surface area contributed by atoms with E-state index in [1.807, 2.05) is 0 Å². The lowest BCUT2D eigenvalue weighted by atomic mass is 10.1. The Kier molecular flexibility index (Phi) is 10.8. The number of hydrogen-bond donors (Lipinski definition) is 2. The zero-order chi connectivity index (χ0) is 21.1. The molecule has 0 saturated heterocycles. The first-order chi connectivity index (χ1) is 13.3. The molecule has 0 amide bonds. The zero-order valence-electron chi connectivity index (χ0n) is 15.7. The minimum absolute atomic E-state index is 0.0684. The van der Waals surface area contributed by atoms with Crippen molar-refractivity contribution in [3.05, 3.63) is 35.4 Å². The fraction of sp³-hybridized carbons (Fsp3) is 0.444. The molecule has 154 valence electrons. The fourth-order valence-electron chi connectivity index (χ4n) is 1.91. The van der Waals surface area contributed by atoms with Crippen LogP contribution in [0.2, 0.25) is 0 Å². The maximum absolute atomic E-state index is 12.3. The second-order valence-corrected chi connectivity index (χ2v) is 7.48. The van der Waals surface area contributed by atoms with Crippen LogP contribution < -0.4 is 11.5 Å². The molecule has 0 aliphatic heterocycles. The quantitative estimate of drug-likeness (QED) is 0.523. The monoisotopic (exact) mass is 428 g/mol. The van der Waals surface area contributed by atoms with Crippen LogP contribution in [0.25, 0.3) is 0 Å². The number of nitrogens with two attached hydrogens (primary N) is 2. The SMILES string of the molecule is CCOC(=O)[C@H](N)CSC(=O)c1cccc(C(=O)SC[C@@H](N)C(=O)OCC)c1. The van der Waals surface area contributed by atoms with Crippen LogP contribution in [0.1, 0.15) is 34.6 Å². The van der Waals surface area contributed by atoms with Crippen LogP contribution in [0, 0.1) is 0 Å². The molecule has 10 heteroatoms. The number of ether oxygens (including phenoxy) is 2. The Bertz CT molecular complexity index is 658. The molecule has 4 N–H and O–H groups in total. The van der Waals surface area contributed by atoms with E-state index in [1.54, 1.807) is 32.0 Å². The molecule has 0 radical (unpaired) electrons. The maximum Gasteiger partial charge on any atom is 0.323 e. The van der Waals surface area contributed by atoms with Crippen LogP contribution in [-0.2, 0) is 19.1 Å². The molecule has 1 aromatic rings. The Morgan fingerprint density at radius 1 is 0.857 bits per heavy atom. The summed E-state index contributed by atoms with van der Waals surface area (Å²) in [6, 6.07) is 4.36. The molecule has 1 aromatic carbocycles. The van der Waals surface area contributed by atoms with E-state index >= 15 is 0 Å². The van der Waals surface area contributed by atoms with E-state index in [-0.39, 0.29) is 35.0 Å². The molecule has 0 aromatic heterocycles. The smallest absolute Gasteiger partial charge is 0.323 e. The predicted molar refractivity (Wildman–Crippen MR) is 109 cm³/mol. The summed E-state index contributed by atoms with van der Waals surface area (Å²) in [6.45, 7) is 3.77. The van der Waals surface area contributed by atoms with E-state index in [4.69, 9.17) is 20.9 Å². The highest BCUT2D eigenvalue weighted by molar-refractivity contribution is 8.14. The Hall–Kier alpha value is -1.88. The van der Waals surface area contributed by atoms with Gasteiger partial charge in [0.25, 0.3) is 0 Å². The lowest BCUT2D eigenvalue weighted by Gasteiger charge is -2.10. The number of benzene rings is 1. The third-order valence-electron chi connectivity index (χ3n) is 3.30. The molecule has 0 aliphatic carbocycles. The number of rotatable bonds is 10. The van der Waals surface area contributed by atoms with Crippen LogP contribution in [0.5, 0.6) is 0 Å². The number of thioether (sulfide) groups is 2. The molecule has 0 heterocycles. The average molecular weight is 429 g/mol. The van der Waals surface area contributed by atoms with Gasteiger partial charge in [-0.1, -0.05) is 41.7 Å². The van der Waals surface area contributed by atoms with Gasteiger partial charge in [-0.3, -0.25) is 19.2 Å². The van der Waals surface area contributed by atoms with E-state index in [2.05, 4.69) is 0 Å². The maximum atomic E-state index is 12.3. The van der Waals surface area contributed by atoms with E-state index in [0.29, 0.717) is 11.1 Å². The number of hydrogen-bond acceptors (Lipinski definition) is 10. The highest BCUT2D eigenvalue weighted by Crippen LogP contribution is 2.19. The lowest BCUT2D eigenvalue weighted by molar-refractivity contribution is -0.144. The van der Waals surface area contributed by atoms with Gasteiger partial charge in [0.1, 0.15) is 12.1 Å². The third-order valence-corrected chi connectivity index (χ3v) is 5.35. The molecule has 0 aliphatic rings. The second kappa shape index (κ2) is 12.6. The summed E-state index contributed by atoms with van der Waals surface area (Å²) in [5.41, 5.74) is 11.9. The van der Waals surface area contributed by atoms with Crippen molar-refractivity contribution in [1.82, 2.24) is 0 Å². The Labute approximate surface area is 172 Å². The van der Waals surface area contributed by atoms with Crippen molar-refractivity contribution in [3.63, 3.8) is 0 Å². The molecule has 0 spiro atoms. The molecule has 0 saturated carbocycles. The van der Waals surface area contributed by atoms with Crippen molar-refractivity contribution in [1.29, 1.82) is 0 Å². The Balaban J connectivity index is 2.62. The van der Waals surface area contributed by atoms with Gasteiger partial charge in [-0.05, 0) is 19.9 Å². The summed E-state index contributed by atoms with van der Waals surface area (Å²) in [5, 5.41) is -0.634. The van der Waals surface area contributed by atoms with E-state index in [0.717, 1.165) is 23.5 Å². The molecule has 0 bridgehead atoms. The summed E-state index contributed by atoms with van der Waals surface area (Å²) < 4.78 is 9.58. The number of carbonyl (C=O) groups excluding carboxylic acids is 4. The van der Waals surface area contributed by atoms with Crippen LogP contribution in [0.3, 0.4) is 0 Å². The van der Waals surface area contributed by atoms with Crippen LogP contribution in [0.15, 0.2) is 24.3 Å². The van der Waals surface area contributed by atoms with Gasteiger partial charge in [0.15, 0.2) is 0 Å². The third kappa shape index (κ3) is 8.01. The molecule has 28 heavy (non-hydrogen) atoms. The summed E-state index contributed by atoms with van der Waals surface area (Å²) in [5.74, 6) is -1.00. The van der Waals surface area contributed by atoms with Crippen molar-refractivity contribution in [2.24, 2.45) is 11.5 Å². The average Bonchev–Trinajstić information content (AvgIpc) is 2.69. The summed E-state index contributed by atoms with van der Waals surface area (Å²) in [6.07, 6.45) is 0. The first kappa shape index (κ1) is 24.2. The van der Waals surface area contributed by atoms with E-state index in [9.17, 15) is 19.2 Å². The van der Waals surface area contributed by atoms with Gasteiger partial charge >= 0.3 is 11.9 Å². The van der Waals surface area contributed by atoms with E-state index in [1.165, 1.54) is 6.07 Å². The Morgan fingerprint density at radius 2 is 1.25 bits per heavy atom. The minimum Gasteiger partial charge on any atom is -0.465 e. The van der Waals surface area contributed by atoms with Crippen molar-refractivity contribution in [2.45, 2.75) is 25.9 Å². The fourth-order valence-corrected chi connectivity index (χ4v) is 3.43. The lowest BCUT2D eigenvalue weighted by Crippen LogP contribution is -2.35. The van der Waals surface area contributed by atoms with Gasteiger partial charge in [-0.15, -0.1) is 0 Å². The molecule has 8 nitrogen and oxygen atoms in total. The highest BCUT2D eigenvalue weighted by atomic mass is 32.2. The van der Waals surface area contributed by atoms with Crippen molar-refractivity contribution < 1.29 is 28.7 Å². The Morgan fingerprint density at radius 3 is 1.61 bits per heavy atom. The molecule has 2 atom stereocenters. The normalized spacial score (nSPS) is 12.7. The van der Waals surface area contributed by atoms with Crippen LogP contribution in [0.4, 0.5) is 0 Å². The summed E-state index contributed by atoms with van der Waals surface area (Å²) in [4.78, 5) is 47.6. The standard InChI is InChI=1S/C18H24N2O6S2/c1-3-25-15(21)13(19)9-27-17(23)11-6-5-7-12(8-11)18(24)28-10-14(20)16(22)26-4-2/h5-8,13-14H,3-4,9-10,19-20H2,1-2H3/t13-,14-/m1/s1. The van der Waals surface area contributed by atoms with Crippen LogP contribution >= 0.6 is 23.5 Å². The van der Waals surface area contributed by atoms with Gasteiger partial charge in [-0.2, -0.15) is 0 Å². The molecule has 1 rings (SSSR count). The molecular formula is C18H24N2O6S2. The van der Waals surface area contributed by atoms with Gasteiger partial charge in [0.05, 0.1) is 13.2 Å². The first-order valence-corrected chi connectivity index (χ1v) is 10.6. The summed E-state index contributed by atoms with van der Waals surface area (Å²) >= 11 is 1.75. The zero-order valence-corrected chi connectivity index (χ0v) is 17.3. The van der Waals surface area contributed by atoms with Gasteiger partial charge in [0, 0.05) is 22.6 Å². The highest BCUT2D eigenvalue weighted by Gasteiger charge is 2.20. The van der Waals surface area contributed by atoms with Crippen molar-refractivity contribution in [3.8, 4) is 0 Å². The van der Waals surface area contributed by atoms with Gasteiger partial charge in [0.2, 0.25) is 10.2 Å². The topological polar surface area (TPSA) is 139 Å². The number of carbonyl (C=O) groups is 4. The predicted octanol–water partition coefficient (Wildman–Crippen LogP) is 1.21. The van der Waals surface area contributed by atoms with Gasteiger partial charge in [-0.25, -0.2) is 0 Å². The van der Waals surface area contributed by atoms with Gasteiger partial charge < -0.3 is 20.9 Å². The number of esters is 2. The molecule has 0 fully saturated rings. The first-order valence-electron chi connectivity index (χ1n) is 8.58. The second-order valence-electron chi connectivity index (χ2n) is 5.49. The summed E-state index contributed by atoms with van der Waals surface area (Å²) in [7, 11) is 0.